The molecule has 1 nitrogen and oxygen atoms in total. The fourth-order valence-corrected chi connectivity index (χ4v) is 1.04. The molecule has 0 bridgehead atoms. The second-order valence-electron chi connectivity index (χ2n) is 2.75. The molecule has 0 aliphatic carbocycles. The summed E-state index contributed by atoms with van der Waals surface area (Å²) in [5.41, 5.74) is 1.10. The third kappa shape index (κ3) is 2.66. The molecule has 0 saturated heterocycles. The molecule has 0 spiro atoms. The maximum atomic E-state index is 5.17. The molecule has 9 heavy (non-hydrogen) atoms. The number of rotatable bonds is 3. The maximum absolute atomic E-state index is 5.17. The normalized spacial score (nSPS) is 13.9. The minimum atomic E-state index is 0.227. The quantitative estimate of drug-likeness (QED) is 0.530. The van der Waals surface area contributed by atoms with Gasteiger partial charge in [0.05, 0.1) is 6.10 Å². The van der Waals surface area contributed by atoms with Crippen molar-refractivity contribution >= 4 is 0 Å². The van der Waals surface area contributed by atoms with Gasteiger partial charge in [-0.1, -0.05) is 26.0 Å². The molecule has 0 heterocycles. The Balaban J connectivity index is 3.83. The summed E-state index contributed by atoms with van der Waals surface area (Å²) < 4.78 is 5.17. The molecule has 0 aliphatic rings. The zero-order chi connectivity index (χ0) is 7.44. The third-order valence-electron chi connectivity index (χ3n) is 1.35. The lowest BCUT2D eigenvalue weighted by molar-refractivity contribution is 0.0943. The van der Waals surface area contributed by atoms with Gasteiger partial charge in [0.1, 0.15) is 0 Å². The standard InChI is InChI=1S/C8H16O/c1-6(2)8(9-5)7(3)4/h7-8H,1H2,2-5H3/t8-/m0/s1. The maximum Gasteiger partial charge on any atom is 0.0798 e. The van der Waals surface area contributed by atoms with Crippen LogP contribution in [0.25, 0.3) is 0 Å². The van der Waals surface area contributed by atoms with Crippen LogP contribution >= 0.6 is 0 Å². The van der Waals surface area contributed by atoms with Crippen molar-refractivity contribution in [2.45, 2.75) is 26.9 Å². The third-order valence-corrected chi connectivity index (χ3v) is 1.35. The summed E-state index contributed by atoms with van der Waals surface area (Å²) in [4.78, 5) is 0. The van der Waals surface area contributed by atoms with Gasteiger partial charge in [-0.25, -0.2) is 0 Å². The minimum Gasteiger partial charge on any atom is -0.377 e. The van der Waals surface area contributed by atoms with Crippen LogP contribution in [0.4, 0.5) is 0 Å². The van der Waals surface area contributed by atoms with Gasteiger partial charge in [0.25, 0.3) is 0 Å². The second kappa shape index (κ2) is 3.67. The van der Waals surface area contributed by atoms with Gasteiger partial charge in [-0.15, -0.1) is 0 Å². The fraction of sp³-hybridized carbons (Fsp3) is 0.750. The summed E-state index contributed by atoms with van der Waals surface area (Å²) in [6.07, 6.45) is 0.227. The lowest BCUT2D eigenvalue weighted by Crippen LogP contribution is -2.18. The van der Waals surface area contributed by atoms with E-state index >= 15 is 0 Å². The van der Waals surface area contributed by atoms with Crippen LogP contribution in [0, 0.1) is 5.92 Å². The van der Waals surface area contributed by atoms with Crippen molar-refractivity contribution in [3.63, 3.8) is 0 Å². The number of hydrogen-bond donors (Lipinski definition) is 0. The Morgan fingerprint density at radius 2 is 1.89 bits per heavy atom. The van der Waals surface area contributed by atoms with Crippen molar-refractivity contribution in [2.24, 2.45) is 5.92 Å². The van der Waals surface area contributed by atoms with E-state index in [1.165, 1.54) is 0 Å². The van der Waals surface area contributed by atoms with E-state index in [2.05, 4.69) is 20.4 Å². The van der Waals surface area contributed by atoms with E-state index in [0.29, 0.717) is 5.92 Å². The molecule has 0 aliphatic heterocycles. The Hall–Kier alpha value is -0.300. The first-order valence-electron chi connectivity index (χ1n) is 3.27. The molecule has 0 radical (unpaired) electrons. The summed E-state index contributed by atoms with van der Waals surface area (Å²) in [5.74, 6) is 0.535. The Labute approximate surface area is 57.7 Å². The van der Waals surface area contributed by atoms with Crippen LogP contribution in [0.1, 0.15) is 20.8 Å². The van der Waals surface area contributed by atoms with Crippen molar-refractivity contribution < 1.29 is 4.74 Å². The molecule has 0 N–H and O–H groups in total. The van der Waals surface area contributed by atoms with Crippen LogP contribution in [0.15, 0.2) is 12.2 Å². The molecular weight excluding hydrogens is 112 g/mol. The van der Waals surface area contributed by atoms with E-state index in [0.717, 1.165) is 5.57 Å². The lowest BCUT2D eigenvalue weighted by atomic mass is 10.0. The highest BCUT2D eigenvalue weighted by atomic mass is 16.5. The van der Waals surface area contributed by atoms with Crippen LogP contribution in [-0.4, -0.2) is 13.2 Å². The first-order valence-corrected chi connectivity index (χ1v) is 3.27. The molecule has 54 valence electrons. The van der Waals surface area contributed by atoms with Gasteiger partial charge in [0, 0.05) is 7.11 Å². The molecule has 0 aromatic carbocycles. The van der Waals surface area contributed by atoms with Crippen LogP contribution in [0.5, 0.6) is 0 Å². The van der Waals surface area contributed by atoms with E-state index in [9.17, 15) is 0 Å². The average Bonchev–Trinajstić information content (AvgIpc) is 1.64. The first kappa shape index (κ1) is 8.70. The molecule has 0 saturated carbocycles. The Kier molecular flexibility index (Phi) is 3.55. The molecular formula is C8H16O. The molecule has 1 atom stereocenters. The molecule has 0 fully saturated rings. The van der Waals surface area contributed by atoms with Crippen LogP contribution < -0.4 is 0 Å². The van der Waals surface area contributed by atoms with E-state index in [1.54, 1.807) is 7.11 Å². The first-order chi connectivity index (χ1) is 4.09. The van der Waals surface area contributed by atoms with Gasteiger partial charge in [-0.2, -0.15) is 0 Å². The van der Waals surface area contributed by atoms with Gasteiger partial charge in [-0.3, -0.25) is 0 Å². The summed E-state index contributed by atoms with van der Waals surface area (Å²) in [6, 6.07) is 0. The van der Waals surface area contributed by atoms with Crippen LogP contribution in [-0.2, 0) is 4.74 Å². The highest BCUT2D eigenvalue weighted by Crippen LogP contribution is 2.12. The SMILES string of the molecule is C=C(C)[C@H](OC)C(C)C. The van der Waals surface area contributed by atoms with Gasteiger partial charge < -0.3 is 4.74 Å². The highest BCUT2D eigenvalue weighted by molar-refractivity contribution is 4.98. The average molecular weight is 128 g/mol. The largest absolute Gasteiger partial charge is 0.377 e. The Morgan fingerprint density at radius 1 is 1.44 bits per heavy atom. The topological polar surface area (TPSA) is 9.23 Å². The van der Waals surface area contributed by atoms with Crippen molar-refractivity contribution in [1.82, 2.24) is 0 Å². The molecule has 1 heteroatoms. The van der Waals surface area contributed by atoms with Gasteiger partial charge >= 0.3 is 0 Å². The second-order valence-corrected chi connectivity index (χ2v) is 2.75. The molecule has 0 unspecified atom stereocenters. The van der Waals surface area contributed by atoms with Crippen LogP contribution in [0.3, 0.4) is 0 Å². The Bertz CT molecular complexity index is 94.7. The number of hydrogen-bond acceptors (Lipinski definition) is 1. The molecule has 0 rings (SSSR count). The van der Waals surface area contributed by atoms with E-state index in [4.69, 9.17) is 4.74 Å². The zero-order valence-electron chi connectivity index (χ0n) is 6.77. The van der Waals surface area contributed by atoms with Crippen LogP contribution in [0.2, 0.25) is 0 Å². The summed E-state index contributed by atoms with van der Waals surface area (Å²) in [5, 5.41) is 0. The number of ether oxygens (including phenoxy) is 1. The molecule has 0 aromatic rings. The summed E-state index contributed by atoms with van der Waals surface area (Å²) >= 11 is 0. The molecule has 0 aromatic heterocycles. The summed E-state index contributed by atoms with van der Waals surface area (Å²) in [6.45, 7) is 10.1. The zero-order valence-corrected chi connectivity index (χ0v) is 6.77. The van der Waals surface area contributed by atoms with Crippen molar-refractivity contribution in [2.75, 3.05) is 7.11 Å². The van der Waals surface area contributed by atoms with Gasteiger partial charge in [-0.05, 0) is 12.8 Å². The van der Waals surface area contributed by atoms with Crippen molar-refractivity contribution in [3.8, 4) is 0 Å². The highest BCUT2D eigenvalue weighted by Gasteiger charge is 2.11. The predicted molar refractivity (Wildman–Crippen MR) is 40.4 cm³/mol. The van der Waals surface area contributed by atoms with E-state index in [1.807, 2.05) is 6.92 Å². The Morgan fingerprint density at radius 3 is 1.89 bits per heavy atom. The monoisotopic (exact) mass is 128 g/mol. The van der Waals surface area contributed by atoms with Crippen molar-refractivity contribution in [1.29, 1.82) is 0 Å². The van der Waals surface area contributed by atoms with Gasteiger partial charge in [0.2, 0.25) is 0 Å². The number of methoxy groups -OCH3 is 1. The van der Waals surface area contributed by atoms with E-state index in [-0.39, 0.29) is 6.10 Å². The molecule has 0 amide bonds. The predicted octanol–water partition coefficient (Wildman–Crippen LogP) is 2.23. The minimum absolute atomic E-state index is 0.227. The fourth-order valence-electron chi connectivity index (χ4n) is 1.04. The lowest BCUT2D eigenvalue weighted by Gasteiger charge is -2.18. The van der Waals surface area contributed by atoms with Crippen molar-refractivity contribution in [3.05, 3.63) is 12.2 Å². The van der Waals surface area contributed by atoms with Gasteiger partial charge in [0.15, 0.2) is 0 Å². The van der Waals surface area contributed by atoms with E-state index < -0.39 is 0 Å². The summed E-state index contributed by atoms with van der Waals surface area (Å²) in [7, 11) is 1.72. The smallest absolute Gasteiger partial charge is 0.0798 e.